The van der Waals surface area contributed by atoms with Crippen molar-refractivity contribution in [3.05, 3.63) is 34.3 Å². The Bertz CT molecular complexity index is 573. The van der Waals surface area contributed by atoms with Gasteiger partial charge in [-0.15, -0.1) is 11.3 Å². The molecule has 2 aromatic rings. The van der Waals surface area contributed by atoms with E-state index in [9.17, 15) is 0 Å². The van der Waals surface area contributed by atoms with Crippen molar-refractivity contribution < 1.29 is 4.74 Å². The van der Waals surface area contributed by atoms with Crippen LogP contribution in [0.3, 0.4) is 0 Å². The van der Waals surface area contributed by atoms with E-state index < -0.39 is 0 Å². The third kappa shape index (κ3) is 3.62. The second kappa shape index (κ2) is 6.92. The Morgan fingerprint density at radius 1 is 1.45 bits per heavy atom. The summed E-state index contributed by atoms with van der Waals surface area (Å²) in [6.07, 6.45) is 0. The summed E-state index contributed by atoms with van der Waals surface area (Å²) in [6, 6.07) is 5.83. The maximum absolute atomic E-state index is 6.10. The minimum Gasteiger partial charge on any atom is -0.495 e. The van der Waals surface area contributed by atoms with Crippen molar-refractivity contribution in [3.8, 4) is 5.75 Å². The Labute approximate surface area is 128 Å². The van der Waals surface area contributed by atoms with Crippen LogP contribution in [0.2, 0.25) is 5.02 Å². The van der Waals surface area contributed by atoms with E-state index in [4.69, 9.17) is 16.3 Å². The molecule has 0 fully saturated rings. The van der Waals surface area contributed by atoms with Gasteiger partial charge in [-0.1, -0.05) is 18.5 Å². The topological polar surface area (TPSA) is 46.2 Å². The van der Waals surface area contributed by atoms with Crippen LogP contribution in [-0.2, 0) is 0 Å². The molecule has 0 spiro atoms. The highest BCUT2D eigenvalue weighted by Gasteiger charge is 2.09. The summed E-state index contributed by atoms with van der Waals surface area (Å²) in [5, 5.41) is 10.1. The van der Waals surface area contributed by atoms with Gasteiger partial charge in [0, 0.05) is 17.1 Å². The quantitative estimate of drug-likeness (QED) is 0.838. The van der Waals surface area contributed by atoms with Crippen molar-refractivity contribution >= 4 is 33.8 Å². The van der Waals surface area contributed by atoms with Gasteiger partial charge in [0.1, 0.15) is 5.75 Å². The van der Waals surface area contributed by atoms with Crippen molar-refractivity contribution in [2.45, 2.75) is 19.9 Å². The number of rotatable bonds is 6. The van der Waals surface area contributed by atoms with Crippen LogP contribution in [-0.4, -0.2) is 18.6 Å². The molecule has 6 heteroatoms. The fourth-order valence-corrected chi connectivity index (χ4v) is 2.90. The first-order chi connectivity index (χ1) is 9.63. The molecule has 1 atom stereocenters. The zero-order valence-corrected chi connectivity index (χ0v) is 13.3. The van der Waals surface area contributed by atoms with E-state index >= 15 is 0 Å². The molecule has 4 nitrogen and oxygen atoms in total. The zero-order valence-electron chi connectivity index (χ0n) is 11.7. The minimum absolute atomic E-state index is 0.256. The summed E-state index contributed by atoms with van der Waals surface area (Å²) in [7, 11) is 1.60. The van der Waals surface area contributed by atoms with E-state index in [1.54, 1.807) is 18.4 Å². The first kappa shape index (κ1) is 15.1. The average molecular weight is 312 g/mol. The van der Waals surface area contributed by atoms with Crippen LogP contribution < -0.4 is 15.4 Å². The van der Waals surface area contributed by atoms with Crippen molar-refractivity contribution in [1.82, 2.24) is 10.3 Å². The predicted molar refractivity (Wildman–Crippen MR) is 85.5 cm³/mol. The summed E-state index contributed by atoms with van der Waals surface area (Å²) in [5.41, 5.74) is 1.94. The Balaban J connectivity index is 2.08. The first-order valence-electron chi connectivity index (χ1n) is 6.43. The third-order valence-electron chi connectivity index (χ3n) is 2.88. The normalized spacial score (nSPS) is 12.2. The number of ether oxygens (including phenoxy) is 1. The van der Waals surface area contributed by atoms with Crippen molar-refractivity contribution in [3.63, 3.8) is 0 Å². The van der Waals surface area contributed by atoms with Gasteiger partial charge in [-0.05, 0) is 31.7 Å². The van der Waals surface area contributed by atoms with Gasteiger partial charge in [0.2, 0.25) is 0 Å². The molecule has 0 radical (unpaired) electrons. The molecule has 2 N–H and O–H groups in total. The molecule has 0 aliphatic carbocycles. The van der Waals surface area contributed by atoms with Crippen LogP contribution in [0, 0.1) is 0 Å². The number of anilines is 2. The van der Waals surface area contributed by atoms with Gasteiger partial charge in [-0.25, -0.2) is 4.98 Å². The second-order valence-electron chi connectivity index (χ2n) is 4.33. The lowest BCUT2D eigenvalue weighted by Gasteiger charge is -2.09. The number of benzene rings is 1. The van der Waals surface area contributed by atoms with E-state index in [0.717, 1.165) is 23.1 Å². The number of halogens is 1. The molecule has 20 heavy (non-hydrogen) atoms. The van der Waals surface area contributed by atoms with Gasteiger partial charge in [-0.3, -0.25) is 0 Å². The molecule has 0 bridgehead atoms. The number of nitrogens with zero attached hydrogens (tertiary/aromatic N) is 1. The maximum Gasteiger partial charge on any atom is 0.187 e. The second-order valence-corrected chi connectivity index (χ2v) is 5.60. The number of thiazole rings is 1. The minimum atomic E-state index is 0.256. The fraction of sp³-hybridized carbons (Fsp3) is 0.357. The van der Waals surface area contributed by atoms with Crippen LogP contribution in [0.1, 0.15) is 25.6 Å². The largest absolute Gasteiger partial charge is 0.495 e. The molecule has 0 saturated heterocycles. The van der Waals surface area contributed by atoms with E-state index in [-0.39, 0.29) is 6.04 Å². The molecule has 0 aliphatic rings. The van der Waals surface area contributed by atoms with E-state index in [1.807, 2.05) is 18.2 Å². The monoisotopic (exact) mass is 311 g/mol. The Hall–Kier alpha value is -1.30. The van der Waals surface area contributed by atoms with E-state index in [1.165, 1.54) is 0 Å². The number of hydrogen-bond donors (Lipinski definition) is 2. The van der Waals surface area contributed by atoms with Gasteiger partial charge >= 0.3 is 0 Å². The summed E-state index contributed by atoms with van der Waals surface area (Å²) >= 11 is 7.68. The molecule has 1 unspecified atom stereocenters. The number of hydrogen-bond acceptors (Lipinski definition) is 5. The van der Waals surface area contributed by atoms with Crippen molar-refractivity contribution in [2.24, 2.45) is 0 Å². The lowest BCUT2D eigenvalue weighted by Crippen LogP contribution is -2.17. The van der Waals surface area contributed by atoms with Crippen molar-refractivity contribution in [1.29, 1.82) is 0 Å². The Morgan fingerprint density at radius 3 is 2.90 bits per heavy atom. The van der Waals surface area contributed by atoms with Gasteiger partial charge in [0.25, 0.3) is 0 Å². The van der Waals surface area contributed by atoms with Crippen molar-refractivity contribution in [2.75, 3.05) is 19.0 Å². The molecule has 1 aromatic carbocycles. The molecule has 0 aliphatic heterocycles. The molecule has 2 rings (SSSR count). The molecule has 0 saturated carbocycles. The lowest BCUT2D eigenvalue weighted by atomic mass is 10.2. The van der Waals surface area contributed by atoms with Gasteiger partial charge in [-0.2, -0.15) is 0 Å². The maximum atomic E-state index is 6.10. The van der Waals surface area contributed by atoms with E-state index in [2.05, 4.69) is 34.8 Å². The average Bonchev–Trinajstić information content (AvgIpc) is 2.88. The predicted octanol–water partition coefficient (Wildman–Crippen LogP) is 4.22. The summed E-state index contributed by atoms with van der Waals surface area (Å²) in [5.74, 6) is 0.665. The van der Waals surface area contributed by atoms with Crippen LogP contribution in [0.4, 0.5) is 10.8 Å². The number of nitrogens with one attached hydrogen (secondary N) is 2. The van der Waals surface area contributed by atoms with E-state index in [0.29, 0.717) is 10.8 Å². The van der Waals surface area contributed by atoms with Gasteiger partial charge in [0.15, 0.2) is 5.13 Å². The lowest BCUT2D eigenvalue weighted by molar-refractivity contribution is 0.415. The van der Waals surface area contributed by atoms with Crippen LogP contribution >= 0.6 is 22.9 Å². The number of aromatic nitrogens is 1. The van der Waals surface area contributed by atoms with Crippen LogP contribution in [0.25, 0.3) is 0 Å². The molecule has 108 valence electrons. The van der Waals surface area contributed by atoms with Crippen LogP contribution in [0.15, 0.2) is 23.6 Å². The molecule has 0 amide bonds. The van der Waals surface area contributed by atoms with Crippen LogP contribution in [0.5, 0.6) is 5.75 Å². The summed E-state index contributed by atoms with van der Waals surface area (Å²) in [6.45, 7) is 5.11. The number of methoxy groups -OCH3 is 1. The SMILES string of the molecule is CCNC(C)c1csc(Nc2ccc(OC)c(Cl)c2)n1. The highest BCUT2D eigenvalue weighted by Crippen LogP contribution is 2.30. The highest BCUT2D eigenvalue weighted by molar-refractivity contribution is 7.13. The summed E-state index contributed by atoms with van der Waals surface area (Å²) in [4.78, 5) is 4.57. The molecule has 1 heterocycles. The first-order valence-corrected chi connectivity index (χ1v) is 7.69. The molecular formula is C14H18ClN3OS. The summed E-state index contributed by atoms with van der Waals surface area (Å²) < 4.78 is 5.13. The molecular weight excluding hydrogens is 294 g/mol. The molecule has 1 aromatic heterocycles. The Kier molecular flexibility index (Phi) is 5.23. The Morgan fingerprint density at radius 2 is 2.25 bits per heavy atom. The van der Waals surface area contributed by atoms with Gasteiger partial charge in [0.05, 0.1) is 17.8 Å². The smallest absolute Gasteiger partial charge is 0.187 e. The fourth-order valence-electron chi connectivity index (χ4n) is 1.82. The standard InChI is InChI=1S/C14H18ClN3OS/c1-4-16-9(2)12-8-20-14(18-12)17-10-5-6-13(19-3)11(15)7-10/h5-9,16H,4H2,1-3H3,(H,17,18). The highest BCUT2D eigenvalue weighted by atomic mass is 35.5. The third-order valence-corrected chi connectivity index (χ3v) is 3.95. The zero-order chi connectivity index (χ0) is 14.5. The van der Waals surface area contributed by atoms with Gasteiger partial charge < -0.3 is 15.4 Å².